The fourth-order valence-electron chi connectivity index (χ4n) is 1.50. The van der Waals surface area contributed by atoms with Crippen molar-refractivity contribution in [2.75, 3.05) is 0 Å². The second-order valence-corrected chi connectivity index (χ2v) is 4.89. The molecular weight excluding hydrogens is 284 g/mol. The number of aromatic nitrogens is 2. The van der Waals surface area contributed by atoms with Gasteiger partial charge in [-0.05, 0) is 29.7 Å². The van der Waals surface area contributed by atoms with Crippen LogP contribution >= 0.6 is 15.9 Å². The topological polar surface area (TPSA) is 48.2 Å². The van der Waals surface area contributed by atoms with Crippen molar-refractivity contribution in [2.24, 2.45) is 0 Å². The lowest BCUT2D eigenvalue weighted by atomic mass is 10.0. The number of benzene rings is 1. The van der Waals surface area contributed by atoms with E-state index in [-0.39, 0.29) is 0 Å². The van der Waals surface area contributed by atoms with Crippen LogP contribution in [0.5, 0.6) is 5.75 Å². The Balaban J connectivity index is 2.14. The van der Waals surface area contributed by atoms with E-state index in [4.69, 9.17) is 4.74 Å². The molecule has 0 fully saturated rings. The highest BCUT2D eigenvalue weighted by Crippen LogP contribution is 2.29. The van der Waals surface area contributed by atoms with Crippen LogP contribution < -0.4 is 4.74 Å². The summed E-state index contributed by atoms with van der Waals surface area (Å²) in [5, 5.41) is 3.70. The Morgan fingerprint density at radius 2 is 2.24 bits per heavy atom. The van der Waals surface area contributed by atoms with Gasteiger partial charge in [0.1, 0.15) is 5.75 Å². The quantitative estimate of drug-likeness (QED) is 0.866. The Morgan fingerprint density at radius 1 is 1.41 bits per heavy atom. The monoisotopic (exact) mass is 296 g/mol. The smallest absolute Gasteiger partial charge is 0.213 e. The number of rotatable bonds is 4. The molecule has 0 bridgehead atoms. The minimum atomic E-state index is 0.317. The van der Waals surface area contributed by atoms with E-state index >= 15 is 0 Å². The van der Waals surface area contributed by atoms with Crippen molar-refractivity contribution >= 4 is 15.9 Å². The van der Waals surface area contributed by atoms with Gasteiger partial charge in [-0.25, -0.2) is 0 Å². The summed E-state index contributed by atoms with van der Waals surface area (Å²) in [6.07, 6.45) is 1.30. The Hall–Kier alpha value is -1.36. The lowest BCUT2D eigenvalue weighted by molar-refractivity contribution is 0.283. The van der Waals surface area contributed by atoms with Gasteiger partial charge in [0.25, 0.3) is 0 Å². The van der Waals surface area contributed by atoms with Crippen molar-refractivity contribution < 1.29 is 9.26 Å². The van der Waals surface area contributed by atoms with Gasteiger partial charge in [0.05, 0.1) is 0 Å². The fourth-order valence-corrected chi connectivity index (χ4v) is 1.88. The number of halogens is 1. The number of hydrogen-bond donors (Lipinski definition) is 0. The van der Waals surface area contributed by atoms with Crippen LogP contribution in [0, 0.1) is 0 Å². The summed E-state index contributed by atoms with van der Waals surface area (Å²) in [6.45, 7) is 4.57. The molecule has 1 heterocycles. The average Bonchev–Trinajstić information content (AvgIpc) is 2.80. The fraction of sp³-hybridized carbons (Fsp3) is 0.333. The average molecular weight is 297 g/mol. The summed E-state index contributed by atoms with van der Waals surface area (Å²) in [6, 6.07) is 5.97. The molecule has 0 N–H and O–H groups in total. The summed E-state index contributed by atoms with van der Waals surface area (Å²) in [7, 11) is 0. The predicted molar refractivity (Wildman–Crippen MR) is 66.9 cm³/mol. The van der Waals surface area contributed by atoms with Crippen LogP contribution in [0.4, 0.5) is 0 Å². The second kappa shape index (κ2) is 5.31. The van der Waals surface area contributed by atoms with Gasteiger partial charge >= 0.3 is 0 Å². The summed E-state index contributed by atoms with van der Waals surface area (Å²) in [4.78, 5) is 3.91. The number of ether oxygens (including phenoxy) is 1. The van der Waals surface area contributed by atoms with E-state index in [1.54, 1.807) is 0 Å². The Morgan fingerprint density at radius 3 is 2.88 bits per heavy atom. The molecule has 90 valence electrons. The maximum absolute atomic E-state index is 5.69. The molecule has 4 nitrogen and oxygen atoms in total. The van der Waals surface area contributed by atoms with Crippen molar-refractivity contribution in [1.29, 1.82) is 0 Å². The lowest BCUT2D eigenvalue weighted by Gasteiger charge is -2.13. The molecule has 2 aromatic rings. The normalized spacial score (nSPS) is 10.8. The van der Waals surface area contributed by atoms with Crippen LogP contribution in [0.2, 0.25) is 0 Å². The molecule has 1 aromatic carbocycles. The molecule has 0 spiro atoms. The number of nitrogens with zero attached hydrogens (tertiary/aromatic N) is 2. The van der Waals surface area contributed by atoms with E-state index in [0.717, 1.165) is 15.8 Å². The summed E-state index contributed by atoms with van der Waals surface area (Å²) >= 11 is 3.46. The summed E-state index contributed by atoms with van der Waals surface area (Å²) in [5.41, 5.74) is 1.16. The van der Waals surface area contributed by atoms with Crippen molar-refractivity contribution in [1.82, 2.24) is 10.1 Å². The van der Waals surface area contributed by atoms with Crippen LogP contribution in [0.1, 0.15) is 31.2 Å². The van der Waals surface area contributed by atoms with E-state index < -0.39 is 0 Å². The SMILES string of the molecule is CC(C)c1cc(Br)ccc1OCc1ncon1. The Kier molecular flexibility index (Phi) is 3.78. The number of hydrogen-bond acceptors (Lipinski definition) is 4. The summed E-state index contributed by atoms with van der Waals surface area (Å²) < 4.78 is 11.4. The van der Waals surface area contributed by atoms with Crippen molar-refractivity contribution in [3.05, 3.63) is 40.5 Å². The zero-order valence-electron chi connectivity index (χ0n) is 9.68. The van der Waals surface area contributed by atoms with E-state index in [1.165, 1.54) is 6.39 Å². The molecule has 5 heteroatoms. The van der Waals surface area contributed by atoms with E-state index in [0.29, 0.717) is 18.3 Å². The molecule has 0 unspecified atom stereocenters. The van der Waals surface area contributed by atoms with Gasteiger partial charge in [0, 0.05) is 4.47 Å². The molecule has 0 amide bonds. The molecule has 17 heavy (non-hydrogen) atoms. The zero-order valence-corrected chi connectivity index (χ0v) is 11.3. The van der Waals surface area contributed by atoms with Gasteiger partial charge in [0.2, 0.25) is 12.2 Å². The first-order valence-corrected chi connectivity index (χ1v) is 6.13. The maximum Gasteiger partial charge on any atom is 0.213 e. The highest BCUT2D eigenvalue weighted by atomic mass is 79.9. The van der Waals surface area contributed by atoms with Gasteiger partial charge < -0.3 is 9.26 Å². The third-order valence-corrected chi connectivity index (χ3v) is 2.85. The molecule has 0 saturated carbocycles. The predicted octanol–water partition coefficient (Wildman–Crippen LogP) is 3.53. The van der Waals surface area contributed by atoms with Gasteiger partial charge in [0.15, 0.2) is 6.61 Å². The zero-order chi connectivity index (χ0) is 12.3. The summed E-state index contributed by atoms with van der Waals surface area (Å²) in [5.74, 6) is 1.79. The van der Waals surface area contributed by atoms with Crippen LogP contribution in [0.15, 0.2) is 33.6 Å². The molecule has 1 aromatic heterocycles. The van der Waals surface area contributed by atoms with E-state index in [1.807, 2.05) is 12.1 Å². The molecule has 0 aliphatic rings. The first-order chi connectivity index (χ1) is 8.16. The van der Waals surface area contributed by atoms with Gasteiger partial charge in [-0.1, -0.05) is 34.9 Å². The Labute approximate surface area is 108 Å². The standard InChI is InChI=1S/C12H13BrN2O2/c1-8(2)10-5-9(13)3-4-11(10)16-6-12-14-7-17-15-12/h3-5,7-8H,6H2,1-2H3. The van der Waals surface area contributed by atoms with E-state index in [9.17, 15) is 0 Å². The third kappa shape index (κ3) is 3.06. The van der Waals surface area contributed by atoms with Crippen LogP contribution in [-0.4, -0.2) is 10.1 Å². The molecule has 2 rings (SSSR count). The molecule has 0 saturated heterocycles. The van der Waals surface area contributed by atoms with Crippen LogP contribution in [-0.2, 0) is 6.61 Å². The first-order valence-electron chi connectivity index (χ1n) is 5.34. The first kappa shape index (κ1) is 12.1. The van der Waals surface area contributed by atoms with Gasteiger partial charge in [-0.15, -0.1) is 0 Å². The second-order valence-electron chi connectivity index (χ2n) is 3.97. The highest BCUT2D eigenvalue weighted by molar-refractivity contribution is 9.10. The van der Waals surface area contributed by atoms with Crippen LogP contribution in [0.25, 0.3) is 0 Å². The van der Waals surface area contributed by atoms with Crippen molar-refractivity contribution in [3.63, 3.8) is 0 Å². The molecule has 0 aliphatic heterocycles. The van der Waals surface area contributed by atoms with Gasteiger partial charge in [-0.2, -0.15) is 4.98 Å². The van der Waals surface area contributed by atoms with Gasteiger partial charge in [-0.3, -0.25) is 0 Å². The van der Waals surface area contributed by atoms with Crippen molar-refractivity contribution in [2.45, 2.75) is 26.4 Å². The third-order valence-electron chi connectivity index (χ3n) is 2.36. The largest absolute Gasteiger partial charge is 0.485 e. The molecule has 0 atom stereocenters. The molecule has 0 radical (unpaired) electrons. The van der Waals surface area contributed by atoms with Crippen LogP contribution in [0.3, 0.4) is 0 Å². The Bertz CT molecular complexity index is 483. The minimum Gasteiger partial charge on any atom is -0.485 e. The molecule has 0 aliphatic carbocycles. The minimum absolute atomic E-state index is 0.317. The lowest BCUT2D eigenvalue weighted by Crippen LogP contribution is -2.01. The van der Waals surface area contributed by atoms with E-state index in [2.05, 4.69) is 50.5 Å². The maximum atomic E-state index is 5.69. The molecular formula is C12H13BrN2O2. The van der Waals surface area contributed by atoms with Crippen molar-refractivity contribution in [3.8, 4) is 5.75 Å². The highest BCUT2D eigenvalue weighted by Gasteiger charge is 2.09.